The number of halogens is 1. The van der Waals surface area contributed by atoms with Crippen LogP contribution in [-0.4, -0.2) is 52.5 Å². The number of hydrogen-bond donors (Lipinski definition) is 1. The van der Waals surface area contributed by atoms with Crippen molar-refractivity contribution >= 4 is 23.5 Å². The van der Waals surface area contributed by atoms with E-state index in [-0.39, 0.29) is 24.9 Å². The minimum absolute atomic E-state index is 0.00266. The van der Waals surface area contributed by atoms with Crippen molar-refractivity contribution in [1.29, 1.82) is 0 Å². The van der Waals surface area contributed by atoms with E-state index in [0.29, 0.717) is 24.0 Å². The number of piperazine rings is 1. The van der Waals surface area contributed by atoms with E-state index in [0.717, 1.165) is 18.5 Å². The zero-order chi connectivity index (χ0) is 17.7. The van der Waals surface area contributed by atoms with Gasteiger partial charge in [-0.25, -0.2) is 0 Å². The highest BCUT2D eigenvalue weighted by molar-refractivity contribution is 6.30. The molecule has 1 aromatic carbocycles. The van der Waals surface area contributed by atoms with E-state index in [4.69, 9.17) is 16.7 Å². The Morgan fingerprint density at radius 1 is 1.29 bits per heavy atom. The number of nitrogens with zero attached hydrogens (tertiary/aromatic N) is 2. The minimum atomic E-state index is -0.869. The number of hydrogen-bond acceptors (Lipinski definition) is 3. The quantitative estimate of drug-likeness (QED) is 0.819. The first-order valence-electron chi connectivity index (χ1n) is 8.36. The monoisotopic (exact) mass is 352 g/mol. The molecule has 0 aliphatic carbocycles. The van der Waals surface area contributed by atoms with Crippen LogP contribution in [-0.2, 0) is 16.1 Å². The maximum atomic E-state index is 12.8. The number of carbonyl (C=O) groups excluding carboxylic acids is 1. The predicted molar refractivity (Wildman–Crippen MR) is 93.9 cm³/mol. The maximum absolute atomic E-state index is 12.8. The van der Waals surface area contributed by atoms with E-state index in [1.807, 2.05) is 24.3 Å². The van der Waals surface area contributed by atoms with Gasteiger partial charge in [-0.15, -0.1) is 0 Å². The highest BCUT2D eigenvalue weighted by atomic mass is 35.5. The number of amides is 1. The van der Waals surface area contributed by atoms with E-state index >= 15 is 0 Å². The van der Waals surface area contributed by atoms with Crippen molar-refractivity contribution < 1.29 is 14.7 Å². The van der Waals surface area contributed by atoms with E-state index < -0.39 is 5.97 Å². The van der Waals surface area contributed by atoms with Crippen LogP contribution in [0.5, 0.6) is 0 Å². The summed E-state index contributed by atoms with van der Waals surface area (Å²) in [6.45, 7) is 6.53. The topological polar surface area (TPSA) is 60.9 Å². The lowest BCUT2D eigenvalue weighted by molar-refractivity contribution is -0.144. The largest absolute Gasteiger partial charge is 0.481 e. The van der Waals surface area contributed by atoms with Gasteiger partial charge in [-0.2, -0.15) is 0 Å². The molecule has 6 heteroatoms. The lowest BCUT2D eigenvalue weighted by atomic mass is 9.98. The van der Waals surface area contributed by atoms with Crippen LogP contribution in [0, 0.1) is 5.92 Å². The summed E-state index contributed by atoms with van der Waals surface area (Å²) in [6.07, 6.45) is 0.771. The molecule has 1 aliphatic heterocycles. The Morgan fingerprint density at radius 2 is 1.96 bits per heavy atom. The molecule has 0 radical (unpaired) electrons. The van der Waals surface area contributed by atoms with Gasteiger partial charge in [0.05, 0.1) is 12.5 Å². The first-order valence-corrected chi connectivity index (χ1v) is 8.73. The molecule has 1 aromatic rings. The molecule has 0 saturated carbocycles. The zero-order valence-corrected chi connectivity index (χ0v) is 15.0. The molecule has 0 bridgehead atoms. The van der Waals surface area contributed by atoms with Crippen LogP contribution in [0.25, 0.3) is 0 Å². The number of benzene rings is 1. The van der Waals surface area contributed by atoms with Gasteiger partial charge in [-0.1, -0.05) is 37.6 Å². The molecule has 1 fully saturated rings. The summed E-state index contributed by atoms with van der Waals surface area (Å²) in [5, 5.41) is 9.55. The summed E-state index contributed by atoms with van der Waals surface area (Å²) in [7, 11) is 0. The predicted octanol–water partition coefficient (Wildman–Crippen LogP) is 2.87. The summed E-state index contributed by atoms with van der Waals surface area (Å²) < 4.78 is 0. The van der Waals surface area contributed by atoms with Crippen molar-refractivity contribution in [3.63, 3.8) is 0 Å². The highest BCUT2D eigenvalue weighted by Crippen LogP contribution is 2.22. The van der Waals surface area contributed by atoms with Crippen LogP contribution in [0.15, 0.2) is 24.3 Å². The fourth-order valence-electron chi connectivity index (χ4n) is 3.04. The summed E-state index contributed by atoms with van der Waals surface area (Å²) in [6, 6.07) is 7.49. The van der Waals surface area contributed by atoms with Crippen LogP contribution in [0.4, 0.5) is 0 Å². The number of carboxylic acid groups (broad SMARTS) is 1. The van der Waals surface area contributed by atoms with Crippen molar-refractivity contribution in [2.75, 3.05) is 19.6 Å². The number of carbonyl (C=O) groups is 2. The second-order valence-corrected chi connectivity index (χ2v) is 7.15. The smallest absolute Gasteiger partial charge is 0.305 e. The summed E-state index contributed by atoms with van der Waals surface area (Å²) in [5.41, 5.74) is 1.12. The minimum Gasteiger partial charge on any atom is -0.481 e. The molecule has 0 spiro atoms. The van der Waals surface area contributed by atoms with Crippen molar-refractivity contribution in [2.45, 2.75) is 39.3 Å². The van der Waals surface area contributed by atoms with Gasteiger partial charge in [-0.05, 0) is 30.0 Å². The van der Waals surface area contributed by atoms with E-state index in [1.54, 1.807) is 4.90 Å². The normalized spacial score (nSPS) is 19.1. The van der Waals surface area contributed by atoms with Gasteiger partial charge < -0.3 is 10.0 Å². The molecular weight excluding hydrogens is 328 g/mol. The Morgan fingerprint density at radius 3 is 2.54 bits per heavy atom. The third-order valence-electron chi connectivity index (χ3n) is 4.28. The average Bonchev–Trinajstić information content (AvgIpc) is 2.51. The molecule has 1 aliphatic rings. The average molecular weight is 353 g/mol. The molecule has 1 atom stereocenters. The molecule has 1 amide bonds. The van der Waals surface area contributed by atoms with Gasteiger partial charge in [0.25, 0.3) is 0 Å². The molecule has 1 heterocycles. The van der Waals surface area contributed by atoms with Crippen LogP contribution in [0.2, 0.25) is 5.02 Å². The van der Waals surface area contributed by atoms with Crippen LogP contribution < -0.4 is 0 Å². The van der Waals surface area contributed by atoms with Gasteiger partial charge in [0.2, 0.25) is 5.91 Å². The van der Waals surface area contributed by atoms with E-state index in [1.165, 1.54) is 0 Å². The zero-order valence-electron chi connectivity index (χ0n) is 14.2. The third kappa shape index (κ3) is 5.21. The molecule has 1 N–H and O–H groups in total. The van der Waals surface area contributed by atoms with Crippen molar-refractivity contribution in [2.24, 2.45) is 5.92 Å². The van der Waals surface area contributed by atoms with Crippen LogP contribution in [0.1, 0.15) is 32.3 Å². The van der Waals surface area contributed by atoms with Crippen LogP contribution in [0.3, 0.4) is 0 Å². The van der Waals surface area contributed by atoms with Crippen molar-refractivity contribution in [1.82, 2.24) is 9.80 Å². The Bertz CT molecular complexity index is 574. The molecule has 1 unspecified atom stereocenters. The Labute approximate surface area is 148 Å². The molecule has 1 saturated heterocycles. The maximum Gasteiger partial charge on any atom is 0.305 e. The van der Waals surface area contributed by atoms with Crippen LogP contribution >= 0.6 is 11.6 Å². The number of aliphatic carboxylic acids is 1. The SMILES string of the molecule is CC(C)CC1C(=O)N(CCC(=O)O)CCN1Cc1ccc(Cl)cc1. The van der Waals surface area contributed by atoms with Gasteiger partial charge in [-0.3, -0.25) is 14.5 Å². The third-order valence-corrected chi connectivity index (χ3v) is 4.54. The fraction of sp³-hybridized carbons (Fsp3) is 0.556. The molecule has 0 aromatic heterocycles. The summed E-state index contributed by atoms with van der Waals surface area (Å²) in [5.74, 6) is -0.428. The summed E-state index contributed by atoms with van der Waals surface area (Å²) >= 11 is 5.93. The fourth-order valence-corrected chi connectivity index (χ4v) is 3.17. The second-order valence-electron chi connectivity index (χ2n) is 6.71. The lowest BCUT2D eigenvalue weighted by Crippen LogP contribution is -2.57. The second kappa shape index (κ2) is 8.49. The first kappa shape index (κ1) is 18.7. The molecule has 132 valence electrons. The van der Waals surface area contributed by atoms with E-state index in [2.05, 4.69) is 18.7 Å². The van der Waals surface area contributed by atoms with E-state index in [9.17, 15) is 9.59 Å². The first-order chi connectivity index (χ1) is 11.4. The number of carboxylic acids is 1. The Hall–Kier alpha value is -1.59. The van der Waals surface area contributed by atoms with Gasteiger partial charge in [0.15, 0.2) is 0 Å². The summed E-state index contributed by atoms with van der Waals surface area (Å²) in [4.78, 5) is 27.5. The highest BCUT2D eigenvalue weighted by Gasteiger charge is 2.34. The van der Waals surface area contributed by atoms with Crippen molar-refractivity contribution in [3.8, 4) is 0 Å². The lowest BCUT2D eigenvalue weighted by Gasteiger charge is -2.41. The molecule has 5 nitrogen and oxygen atoms in total. The number of rotatable bonds is 7. The Balaban J connectivity index is 2.08. The van der Waals surface area contributed by atoms with Gasteiger partial charge >= 0.3 is 5.97 Å². The van der Waals surface area contributed by atoms with Gasteiger partial charge in [0.1, 0.15) is 0 Å². The van der Waals surface area contributed by atoms with Crippen molar-refractivity contribution in [3.05, 3.63) is 34.9 Å². The molecule has 24 heavy (non-hydrogen) atoms. The molecular formula is C18H25ClN2O3. The molecule has 2 rings (SSSR count). The standard InChI is InChI=1S/C18H25ClN2O3/c1-13(2)11-16-18(24)20(8-7-17(22)23)9-10-21(16)12-14-3-5-15(19)6-4-14/h3-6,13,16H,7-12H2,1-2H3,(H,22,23). The Kier molecular flexibility index (Phi) is 6.63. The van der Waals surface area contributed by atoms with Gasteiger partial charge in [0, 0.05) is 31.2 Å².